The van der Waals surface area contributed by atoms with E-state index in [2.05, 4.69) is 22.3 Å². The van der Waals surface area contributed by atoms with E-state index in [1.165, 1.54) is 21.9 Å². The standard InChI is InChI=1S/C25H26N4O4S/c1-3-4-8-23-28-29-24(31)14-19(27-25(29)34-23)15-32-21-7-5-6-18(13-21)26-22(30)16-33-20-11-9-17(2)10-12-20/h5-7,9-14H,3-4,8,15-16H2,1-2H3,(H,26,30). The minimum atomic E-state index is -0.276. The highest BCUT2D eigenvalue weighted by molar-refractivity contribution is 7.16. The first-order valence-corrected chi connectivity index (χ1v) is 11.9. The first-order chi connectivity index (χ1) is 16.5. The monoisotopic (exact) mass is 478 g/mol. The Balaban J connectivity index is 1.34. The maximum absolute atomic E-state index is 12.4. The smallest absolute Gasteiger partial charge is 0.275 e. The summed E-state index contributed by atoms with van der Waals surface area (Å²) in [5.41, 5.74) is 2.01. The number of amides is 1. The van der Waals surface area contributed by atoms with Gasteiger partial charge in [0.05, 0.1) is 5.69 Å². The molecule has 0 spiro atoms. The average Bonchev–Trinajstić information content (AvgIpc) is 3.25. The van der Waals surface area contributed by atoms with E-state index in [1.807, 2.05) is 31.2 Å². The lowest BCUT2D eigenvalue weighted by atomic mass is 10.2. The number of aryl methyl sites for hydroxylation is 2. The summed E-state index contributed by atoms with van der Waals surface area (Å²) in [5, 5.41) is 8.05. The zero-order chi connectivity index (χ0) is 23.9. The van der Waals surface area contributed by atoms with E-state index >= 15 is 0 Å². The predicted molar refractivity (Wildman–Crippen MR) is 132 cm³/mol. The second-order valence-corrected chi connectivity index (χ2v) is 8.89. The molecule has 0 saturated carbocycles. The Kier molecular flexibility index (Phi) is 7.54. The number of ether oxygens (including phenoxy) is 2. The van der Waals surface area contributed by atoms with Crippen molar-refractivity contribution in [3.8, 4) is 11.5 Å². The number of hydrogen-bond donors (Lipinski definition) is 1. The SMILES string of the molecule is CCCCc1nn2c(=O)cc(COc3cccc(NC(=O)COc4ccc(C)cc4)c3)nc2s1. The van der Waals surface area contributed by atoms with E-state index in [4.69, 9.17) is 9.47 Å². The molecule has 8 nitrogen and oxygen atoms in total. The minimum Gasteiger partial charge on any atom is -0.487 e. The number of nitrogens with zero attached hydrogens (tertiary/aromatic N) is 3. The van der Waals surface area contributed by atoms with Crippen LogP contribution in [0.2, 0.25) is 0 Å². The Morgan fingerprint density at radius 3 is 2.71 bits per heavy atom. The quantitative estimate of drug-likeness (QED) is 0.363. The normalized spacial score (nSPS) is 10.9. The third-order valence-corrected chi connectivity index (χ3v) is 5.95. The molecule has 1 N–H and O–H groups in total. The highest BCUT2D eigenvalue weighted by Gasteiger charge is 2.10. The number of nitrogens with one attached hydrogen (secondary N) is 1. The predicted octanol–water partition coefficient (Wildman–Crippen LogP) is 4.40. The molecule has 2 aromatic heterocycles. The number of fused-ring (bicyclic) bond motifs is 1. The highest BCUT2D eigenvalue weighted by atomic mass is 32.1. The van der Waals surface area contributed by atoms with E-state index in [-0.39, 0.29) is 24.7 Å². The number of carbonyl (C=O) groups is 1. The number of hydrogen-bond acceptors (Lipinski definition) is 7. The number of rotatable bonds is 10. The zero-order valence-corrected chi connectivity index (χ0v) is 19.9. The van der Waals surface area contributed by atoms with Crippen molar-refractivity contribution in [2.45, 2.75) is 39.7 Å². The van der Waals surface area contributed by atoms with E-state index in [0.29, 0.717) is 27.8 Å². The van der Waals surface area contributed by atoms with Gasteiger partial charge in [-0.05, 0) is 37.6 Å². The summed E-state index contributed by atoms with van der Waals surface area (Å²) in [4.78, 5) is 29.7. The molecule has 4 aromatic rings. The van der Waals surface area contributed by atoms with Crippen LogP contribution in [0.5, 0.6) is 11.5 Å². The maximum atomic E-state index is 12.4. The summed E-state index contributed by atoms with van der Waals surface area (Å²) < 4.78 is 12.7. The van der Waals surface area contributed by atoms with E-state index in [1.54, 1.807) is 24.3 Å². The second-order valence-electron chi connectivity index (χ2n) is 7.85. The molecule has 0 aliphatic heterocycles. The summed E-state index contributed by atoms with van der Waals surface area (Å²) in [6.45, 7) is 4.13. The van der Waals surface area contributed by atoms with Gasteiger partial charge in [0, 0.05) is 24.2 Å². The fraction of sp³-hybridized carbons (Fsp3) is 0.280. The molecular weight excluding hydrogens is 452 g/mol. The van der Waals surface area contributed by atoms with Gasteiger partial charge in [0.1, 0.15) is 23.1 Å². The highest BCUT2D eigenvalue weighted by Crippen LogP contribution is 2.19. The molecule has 176 valence electrons. The van der Waals surface area contributed by atoms with Gasteiger partial charge in [0.25, 0.3) is 11.5 Å². The first-order valence-electron chi connectivity index (χ1n) is 11.1. The van der Waals surface area contributed by atoms with Gasteiger partial charge in [-0.1, -0.05) is 48.4 Å². The summed E-state index contributed by atoms with van der Waals surface area (Å²) in [5.74, 6) is 0.908. The van der Waals surface area contributed by atoms with E-state index in [9.17, 15) is 9.59 Å². The van der Waals surface area contributed by atoms with Gasteiger partial charge in [-0.2, -0.15) is 9.61 Å². The lowest BCUT2D eigenvalue weighted by Gasteiger charge is -2.10. The molecular formula is C25H26N4O4S. The first kappa shape index (κ1) is 23.4. The minimum absolute atomic E-state index is 0.100. The van der Waals surface area contributed by atoms with Crippen molar-refractivity contribution < 1.29 is 14.3 Å². The molecule has 0 unspecified atom stereocenters. The third-order valence-electron chi connectivity index (χ3n) is 4.98. The second kappa shape index (κ2) is 10.9. The number of anilines is 1. The molecule has 0 bridgehead atoms. The summed E-state index contributed by atoms with van der Waals surface area (Å²) in [7, 11) is 0. The van der Waals surface area contributed by atoms with Crippen LogP contribution in [-0.2, 0) is 17.8 Å². The van der Waals surface area contributed by atoms with Crippen molar-refractivity contribution in [1.82, 2.24) is 14.6 Å². The van der Waals surface area contributed by atoms with Gasteiger partial charge in [0.15, 0.2) is 6.61 Å². The summed E-state index contributed by atoms with van der Waals surface area (Å²) in [6.07, 6.45) is 2.93. The van der Waals surface area contributed by atoms with Crippen molar-refractivity contribution in [2.24, 2.45) is 0 Å². The van der Waals surface area contributed by atoms with Crippen molar-refractivity contribution in [3.63, 3.8) is 0 Å². The van der Waals surface area contributed by atoms with Crippen LogP contribution in [-0.4, -0.2) is 27.1 Å². The lowest BCUT2D eigenvalue weighted by molar-refractivity contribution is -0.118. The van der Waals surface area contributed by atoms with Crippen LogP contribution < -0.4 is 20.3 Å². The van der Waals surface area contributed by atoms with Gasteiger partial charge < -0.3 is 14.8 Å². The van der Waals surface area contributed by atoms with Gasteiger partial charge in [-0.15, -0.1) is 0 Å². The molecule has 34 heavy (non-hydrogen) atoms. The van der Waals surface area contributed by atoms with E-state index in [0.717, 1.165) is 29.8 Å². The maximum Gasteiger partial charge on any atom is 0.275 e. The molecule has 0 radical (unpaired) electrons. The summed E-state index contributed by atoms with van der Waals surface area (Å²) in [6, 6.07) is 16.0. The largest absolute Gasteiger partial charge is 0.487 e. The van der Waals surface area contributed by atoms with Gasteiger partial charge in [-0.25, -0.2) is 4.98 Å². The molecule has 0 aliphatic carbocycles. The number of aromatic nitrogens is 3. The molecule has 0 fully saturated rings. The van der Waals surface area contributed by atoms with Crippen LogP contribution in [0.25, 0.3) is 4.96 Å². The van der Waals surface area contributed by atoms with Gasteiger partial charge >= 0.3 is 0 Å². The Hall–Kier alpha value is -3.72. The fourth-order valence-electron chi connectivity index (χ4n) is 3.20. The van der Waals surface area contributed by atoms with Crippen LogP contribution >= 0.6 is 11.3 Å². The van der Waals surface area contributed by atoms with Crippen LogP contribution in [0.3, 0.4) is 0 Å². The van der Waals surface area contributed by atoms with Crippen molar-refractivity contribution in [1.29, 1.82) is 0 Å². The summed E-state index contributed by atoms with van der Waals surface area (Å²) >= 11 is 1.43. The van der Waals surface area contributed by atoms with Crippen LogP contribution in [0.1, 0.15) is 36.0 Å². The molecule has 2 heterocycles. The van der Waals surface area contributed by atoms with Gasteiger partial charge in [0.2, 0.25) is 4.96 Å². The topological polar surface area (TPSA) is 94.8 Å². The Morgan fingerprint density at radius 2 is 1.91 bits per heavy atom. The fourth-order valence-corrected chi connectivity index (χ4v) is 4.16. The Labute approximate surface area is 201 Å². The van der Waals surface area contributed by atoms with Gasteiger partial charge in [-0.3, -0.25) is 9.59 Å². The number of unbranched alkanes of at least 4 members (excludes halogenated alkanes) is 1. The molecule has 4 rings (SSSR count). The van der Waals surface area contributed by atoms with E-state index < -0.39 is 0 Å². The lowest BCUT2D eigenvalue weighted by Crippen LogP contribution is -2.20. The average molecular weight is 479 g/mol. The number of benzene rings is 2. The van der Waals surface area contributed by atoms with Crippen LogP contribution in [0.15, 0.2) is 59.4 Å². The van der Waals surface area contributed by atoms with Crippen molar-refractivity contribution in [2.75, 3.05) is 11.9 Å². The molecule has 9 heteroatoms. The van der Waals surface area contributed by atoms with Crippen LogP contribution in [0, 0.1) is 6.92 Å². The van der Waals surface area contributed by atoms with Crippen molar-refractivity contribution >= 4 is 27.9 Å². The molecule has 2 aromatic carbocycles. The molecule has 0 aliphatic rings. The molecule has 0 atom stereocenters. The zero-order valence-electron chi connectivity index (χ0n) is 19.1. The third kappa shape index (κ3) is 6.20. The molecule has 1 amide bonds. The Bertz CT molecular complexity index is 1330. The van der Waals surface area contributed by atoms with Crippen molar-refractivity contribution in [3.05, 3.63) is 81.2 Å². The Morgan fingerprint density at radius 1 is 1.09 bits per heavy atom. The molecule has 0 saturated heterocycles. The van der Waals surface area contributed by atoms with Crippen LogP contribution in [0.4, 0.5) is 5.69 Å². The number of carbonyl (C=O) groups excluding carboxylic acids is 1.